The summed E-state index contributed by atoms with van der Waals surface area (Å²) >= 11 is 0. The SMILES string of the molecule is CN(C)C(=O)C(c1ccccc1)c1ccccc1.[LiH].[LiH]. The first kappa shape index (κ1) is 19.1. The van der Waals surface area contributed by atoms with Gasteiger partial charge in [0.1, 0.15) is 0 Å². The second-order valence-electron chi connectivity index (χ2n) is 4.49. The Morgan fingerprint density at radius 2 is 1.15 bits per heavy atom. The molecule has 0 aromatic heterocycles. The first-order valence-electron chi connectivity index (χ1n) is 6.01. The molecule has 2 nitrogen and oxygen atoms in total. The van der Waals surface area contributed by atoms with Gasteiger partial charge in [0.05, 0.1) is 5.92 Å². The average molecular weight is 255 g/mol. The third-order valence-electron chi connectivity index (χ3n) is 2.95. The Balaban J connectivity index is 0.00000180. The topological polar surface area (TPSA) is 20.3 Å². The summed E-state index contributed by atoms with van der Waals surface area (Å²) in [6, 6.07) is 19.8. The van der Waals surface area contributed by atoms with Crippen molar-refractivity contribution in [3.05, 3.63) is 71.8 Å². The number of carbonyl (C=O) groups excluding carboxylic acids is 1. The Morgan fingerprint density at radius 3 is 1.45 bits per heavy atom. The Bertz CT molecular complexity index is 475. The van der Waals surface area contributed by atoms with E-state index in [0.29, 0.717) is 0 Å². The summed E-state index contributed by atoms with van der Waals surface area (Å²) in [7, 11) is 3.59. The molecule has 4 heteroatoms. The molecule has 0 unspecified atom stereocenters. The van der Waals surface area contributed by atoms with Crippen LogP contribution >= 0.6 is 0 Å². The number of likely N-dealkylation sites (N-methyl/N-ethyl adjacent to an activating group) is 1. The van der Waals surface area contributed by atoms with Crippen molar-refractivity contribution in [2.75, 3.05) is 14.1 Å². The van der Waals surface area contributed by atoms with Gasteiger partial charge in [0.15, 0.2) is 0 Å². The van der Waals surface area contributed by atoms with Crippen LogP contribution in [0.4, 0.5) is 0 Å². The number of amides is 1. The van der Waals surface area contributed by atoms with Crippen molar-refractivity contribution in [1.82, 2.24) is 4.90 Å². The molecule has 0 radical (unpaired) electrons. The molecular formula is C16H19Li2NO. The summed E-state index contributed by atoms with van der Waals surface area (Å²) < 4.78 is 0. The Hall–Kier alpha value is -0.895. The quantitative estimate of drug-likeness (QED) is 0.763. The van der Waals surface area contributed by atoms with E-state index in [1.165, 1.54) is 0 Å². The van der Waals surface area contributed by atoms with Crippen LogP contribution in [0.5, 0.6) is 0 Å². The standard InChI is InChI=1S/C16H17NO.2Li.2H/c1-17(2)16(18)15(13-9-5-3-6-10-13)14-11-7-4-8-12-14;;;;/h3-12,15H,1-2H3;;;;. The summed E-state index contributed by atoms with van der Waals surface area (Å²) in [6.45, 7) is 0. The Labute approximate surface area is 144 Å². The summed E-state index contributed by atoms with van der Waals surface area (Å²) in [4.78, 5) is 14.0. The molecule has 0 atom stereocenters. The van der Waals surface area contributed by atoms with E-state index in [9.17, 15) is 4.79 Å². The predicted octanol–water partition coefficient (Wildman–Crippen LogP) is 1.61. The van der Waals surface area contributed by atoms with E-state index < -0.39 is 0 Å². The normalized spacial score (nSPS) is 9.35. The van der Waals surface area contributed by atoms with Gasteiger partial charge in [0, 0.05) is 14.1 Å². The van der Waals surface area contributed by atoms with Gasteiger partial charge in [0.2, 0.25) is 5.91 Å². The van der Waals surface area contributed by atoms with Crippen LogP contribution in [0.2, 0.25) is 0 Å². The fourth-order valence-corrected chi connectivity index (χ4v) is 2.03. The number of benzene rings is 2. The number of nitrogens with zero attached hydrogens (tertiary/aromatic N) is 1. The zero-order chi connectivity index (χ0) is 13.0. The van der Waals surface area contributed by atoms with Gasteiger partial charge in [-0.05, 0) is 11.1 Å². The fraction of sp³-hybridized carbons (Fsp3) is 0.188. The van der Waals surface area contributed by atoms with E-state index in [-0.39, 0.29) is 49.5 Å². The van der Waals surface area contributed by atoms with Gasteiger partial charge in [-0.3, -0.25) is 4.79 Å². The van der Waals surface area contributed by atoms with E-state index >= 15 is 0 Å². The van der Waals surface area contributed by atoms with Crippen LogP contribution in [-0.4, -0.2) is 62.6 Å². The van der Waals surface area contributed by atoms with Gasteiger partial charge < -0.3 is 4.90 Å². The van der Waals surface area contributed by atoms with Crippen LogP contribution in [0.15, 0.2) is 60.7 Å². The molecule has 96 valence electrons. The molecule has 0 saturated heterocycles. The maximum absolute atomic E-state index is 12.4. The van der Waals surface area contributed by atoms with Crippen LogP contribution in [0.3, 0.4) is 0 Å². The predicted molar refractivity (Wildman–Crippen MR) is 87.7 cm³/mol. The second kappa shape index (κ2) is 9.12. The number of carbonyl (C=O) groups is 1. The van der Waals surface area contributed by atoms with Crippen molar-refractivity contribution < 1.29 is 4.79 Å². The molecule has 0 saturated carbocycles. The number of rotatable bonds is 3. The van der Waals surface area contributed by atoms with Crippen molar-refractivity contribution >= 4 is 43.6 Å². The minimum atomic E-state index is -0.220. The molecule has 2 aromatic rings. The molecule has 0 aliphatic rings. The molecule has 0 aliphatic carbocycles. The van der Waals surface area contributed by atoms with Crippen molar-refractivity contribution in [3.8, 4) is 0 Å². The molecule has 0 heterocycles. The molecule has 0 fully saturated rings. The molecule has 0 bridgehead atoms. The molecule has 0 aliphatic heterocycles. The molecule has 0 spiro atoms. The minimum absolute atomic E-state index is 0. The van der Waals surface area contributed by atoms with Gasteiger partial charge in [-0.25, -0.2) is 0 Å². The van der Waals surface area contributed by atoms with Crippen LogP contribution in [0, 0.1) is 0 Å². The van der Waals surface area contributed by atoms with Gasteiger partial charge in [-0.1, -0.05) is 60.7 Å². The van der Waals surface area contributed by atoms with E-state index in [1.54, 1.807) is 19.0 Å². The summed E-state index contributed by atoms with van der Waals surface area (Å²) in [5, 5.41) is 0. The zero-order valence-corrected chi connectivity index (χ0v) is 10.7. The molecule has 20 heavy (non-hydrogen) atoms. The van der Waals surface area contributed by atoms with Crippen LogP contribution < -0.4 is 0 Å². The summed E-state index contributed by atoms with van der Waals surface area (Å²) in [5.41, 5.74) is 2.06. The molecule has 2 aromatic carbocycles. The zero-order valence-electron chi connectivity index (χ0n) is 10.7. The van der Waals surface area contributed by atoms with E-state index in [0.717, 1.165) is 11.1 Å². The van der Waals surface area contributed by atoms with Crippen molar-refractivity contribution in [2.45, 2.75) is 5.92 Å². The Morgan fingerprint density at radius 1 is 0.800 bits per heavy atom. The van der Waals surface area contributed by atoms with Gasteiger partial charge in [0.25, 0.3) is 0 Å². The number of hydrogen-bond acceptors (Lipinski definition) is 1. The average Bonchev–Trinajstić information content (AvgIpc) is 2.41. The van der Waals surface area contributed by atoms with E-state index in [2.05, 4.69) is 0 Å². The number of hydrogen-bond donors (Lipinski definition) is 0. The van der Waals surface area contributed by atoms with Gasteiger partial charge in [-0.15, -0.1) is 0 Å². The molecule has 1 amide bonds. The summed E-state index contributed by atoms with van der Waals surface area (Å²) in [6.07, 6.45) is 0. The molecule has 2 rings (SSSR count). The van der Waals surface area contributed by atoms with Crippen LogP contribution in [-0.2, 0) is 4.79 Å². The van der Waals surface area contributed by atoms with Crippen molar-refractivity contribution in [1.29, 1.82) is 0 Å². The van der Waals surface area contributed by atoms with Crippen LogP contribution in [0.25, 0.3) is 0 Å². The maximum atomic E-state index is 12.4. The summed E-state index contributed by atoms with van der Waals surface area (Å²) in [5.74, 6) is -0.116. The third-order valence-corrected chi connectivity index (χ3v) is 2.95. The van der Waals surface area contributed by atoms with E-state index in [1.807, 2.05) is 60.7 Å². The van der Waals surface area contributed by atoms with Gasteiger partial charge >= 0.3 is 37.7 Å². The van der Waals surface area contributed by atoms with Crippen LogP contribution in [0.1, 0.15) is 17.0 Å². The third kappa shape index (κ3) is 4.59. The van der Waals surface area contributed by atoms with Crippen molar-refractivity contribution in [2.24, 2.45) is 0 Å². The second-order valence-corrected chi connectivity index (χ2v) is 4.49. The first-order valence-corrected chi connectivity index (χ1v) is 6.01. The Kier molecular flexibility index (Phi) is 8.71. The van der Waals surface area contributed by atoms with Crippen molar-refractivity contribution in [3.63, 3.8) is 0 Å². The first-order chi connectivity index (χ1) is 8.70. The van der Waals surface area contributed by atoms with Gasteiger partial charge in [-0.2, -0.15) is 0 Å². The monoisotopic (exact) mass is 255 g/mol. The fourth-order valence-electron chi connectivity index (χ4n) is 2.03. The molecular weight excluding hydrogens is 236 g/mol. The molecule has 0 N–H and O–H groups in total. The van der Waals surface area contributed by atoms with E-state index in [4.69, 9.17) is 0 Å².